The first kappa shape index (κ1) is 25.7. The third-order valence-corrected chi connectivity index (χ3v) is 5.85. The molecule has 0 fully saturated rings. The first-order chi connectivity index (χ1) is 15.9. The zero-order chi connectivity index (χ0) is 25.3. The second-order valence-electron chi connectivity index (χ2n) is 7.29. The summed E-state index contributed by atoms with van der Waals surface area (Å²) in [5.41, 5.74) is -3.10. The SMILES string of the molecule is COC(=O)Oc1ccc(-c2ccc(C(C)C(O)(c3ccnc(Cl)c3)C(F)(F)F)c(Cl)c2)cc1F. The van der Waals surface area contributed by atoms with E-state index >= 15 is 0 Å². The average Bonchev–Trinajstić information content (AvgIpc) is 2.78. The zero-order valence-corrected chi connectivity index (χ0v) is 19.2. The molecule has 0 radical (unpaired) electrons. The maximum atomic E-state index is 14.3. The van der Waals surface area contributed by atoms with Crippen LogP contribution in [0.5, 0.6) is 5.75 Å². The molecular weight excluding hydrogens is 501 g/mol. The molecule has 0 aliphatic heterocycles. The largest absolute Gasteiger partial charge is 0.513 e. The fourth-order valence-corrected chi connectivity index (χ4v) is 3.99. The zero-order valence-electron chi connectivity index (χ0n) is 17.7. The van der Waals surface area contributed by atoms with Crippen LogP contribution in [-0.4, -0.2) is 29.5 Å². The van der Waals surface area contributed by atoms with Gasteiger partial charge >= 0.3 is 12.3 Å². The van der Waals surface area contributed by atoms with Crippen LogP contribution in [0.15, 0.2) is 54.7 Å². The Morgan fingerprint density at radius 2 is 1.71 bits per heavy atom. The monoisotopic (exact) mass is 517 g/mol. The van der Waals surface area contributed by atoms with E-state index in [9.17, 15) is 27.5 Å². The fraction of sp³-hybridized carbons (Fsp3) is 0.217. The number of aliphatic hydroxyl groups is 1. The number of pyridine rings is 1. The predicted molar refractivity (Wildman–Crippen MR) is 117 cm³/mol. The molecule has 2 unspecified atom stereocenters. The number of aromatic nitrogens is 1. The second-order valence-corrected chi connectivity index (χ2v) is 8.09. The molecule has 1 N–H and O–H groups in total. The van der Waals surface area contributed by atoms with Gasteiger partial charge < -0.3 is 14.6 Å². The van der Waals surface area contributed by atoms with Gasteiger partial charge in [0.25, 0.3) is 0 Å². The van der Waals surface area contributed by atoms with Crippen molar-refractivity contribution in [1.82, 2.24) is 4.98 Å². The van der Waals surface area contributed by atoms with Crippen molar-refractivity contribution in [2.75, 3.05) is 7.11 Å². The van der Waals surface area contributed by atoms with E-state index in [-0.39, 0.29) is 21.5 Å². The third kappa shape index (κ3) is 4.96. The Morgan fingerprint density at radius 3 is 2.26 bits per heavy atom. The standard InChI is InChI=1S/C23H17Cl2F4NO4/c1-12(22(32,23(27,28)29)15-7-8-30-20(25)11-15)16-5-3-13(9-17(16)24)14-4-6-19(18(26)10-14)34-21(31)33-2/h3-12,32H,1-2H3. The van der Waals surface area contributed by atoms with Crippen molar-refractivity contribution in [3.8, 4) is 16.9 Å². The van der Waals surface area contributed by atoms with Crippen molar-refractivity contribution in [1.29, 1.82) is 0 Å². The number of halogens is 6. The van der Waals surface area contributed by atoms with E-state index in [1.54, 1.807) is 0 Å². The minimum Gasteiger partial charge on any atom is -0.437 e. The average molecular weight is 518 g/mol. The number of nitrogens with zero attached hydrogens (tertiary/aromatic N) is 1. The highest BCUT2D eigenvalue weighted by Crippen LogP contribution is 2.50. The van der Waals surface area contributed by atoms with Gasteiger partial charge in [0.2, 0.25) is 0 Å². The van der Waals surface area contributed by atoms with Gasteiger partial charge in [-0.05, 0) is 52.6 Å². The molecule has 3 rings (SSSR count). The van der Waals surface area contributed by atoms with Crippen molar-refractivity contribution < 1.29 is 36.9 Å². The normalized spacial score (nSPS) is 14.3. The molecule has 0 saturated heterocycles. The summed E-state index contributed by atoms with van der Waals surface area (Å²) < 4.78 is 65.6. The van der Waals surface area contributed by atoms with Gasteiger partial charge in [0.1, 0.15) is 5.15 Å². The molecule has 0 saturated carbocycles. The van der Waals surface area contributed by atoms with E-state index in [1.165, 1.54) is 37.3 Å². The topological polar surface area (TPSA) is 68.7 Å². The smallest absolute Gasteiger partial charge is 0.437 e. The van der Waals surface area contributed by atoms with Crippen LogP contribution >= 0.6 is 23.2 Å². The van der Waals surface area contributed by atoms with Crippen molar-refractivity contribution in [3.05, 3.63) is 81.8 Å². The number of alkyl halides is 3. The summed E-state index contributed by atoms with van der Waals surface area (Å²) in [6, 6.07) is 9.76. The van der Waals surface area contributed by atoms with Crippen LogP contribution in [0.2, 0.25) is 10.2 Å². The molecule has 11 heteroatoms. The summed E-state index contributed by atoms with van der Waals surface area (Å²) in [4.78, 5) is 14.8. The number of carbonyl (C=O) groups excluding carboxylic acids is 1. The summed E-state index contributed by atoms with van der Waals surface area (Å²) in [6.07, 6.45) is -5.10. The summed E-state index contributed by atoms with van der Waals surface area (Å²) >= 11 is 12.1. The highest BCUT2D eigenvalue weighted by Gasteiger charge is 2.59. The second kappa shape index (κ2) is 9.77. The minimum absolute atomic E-state index is 0.00398. The third-order valence-electron chi connectivity index (χ3n) is 5.32. The molecule has 2 atom stereocenters. The molecule has 0 bridgehead atoms. The lowest BCUT2D eigenvalue weighted by molar-refractivity contribution is -0.274. The van der Waals surface area contributed by atoms with Gasteiger partial charge in [0, 0.05) is 17.1 Å². The van der Waals surface area contributed by atoms with Gasteiger partial charge in [-0.2, -0.15) is 13.2 Å². The van der Waals surface area contributed by atoms with E-state index in [4.69, 9.17) is 23.2 Å². The molecule has 0 aliphatic carbocycles. The Bertz CT molecular complexity index is 1220. The molecule has 2 aromatic carbocycles. The highest BCUT2D eigenvalue weighted by atomic mass is 35.5. The van der Waals surface area contributed by atoms with Crippen LogP contribution in [0.25, 0.3) is 11.1 Å². The number of hydrogen-bond donors (Lipinski definition) is 1. The van der Waals surface area contributed by atoms with Gasteiger partial charge in [0.05, 0.1) is 7.11 Å². The Morgan fingerprint density at radius 1 is 1.06 bits per heavy atom. The first-order valence-corrected chi connectivity index (χ1v) is 10.4. The molecule has 0 aliphatic rings. The molecule has 1 heterocycles. The number of ether oxygens (including phenoxy) is 2. The Kier molecular flexibility index (Phi) is 7.40. The first-order valence-electron chi connectivity index (χ1n) is 9.64. The van der Waals surface area contributed by atoms with Crippen molar-refractivity contribution in [2.45, 2.75) is 24.6 Å². The molecule has 5 nitrogen and oxygen atoms in total. The van der Waals surface area contributed by atoms with Gasteiger partial charge in [0.15, 0.2) is 17.2 Å². The molecule has 180 valence electrons. The van der Waals surface area contributed by atoms with Crippen LogP contribution in [0.1, 0.15) is 24.0 Å². The highest BCUT2D eigenvalue weighted by molar-refractivity contribution is 6.31. The number of rotatable bonds is 5. The van der Waals surface area contributed by atoms with Crippen LogP contribution in [0, 0.1) is 5.82 Å². The van der Waals surface area contributed by atoms with Gasteiger partial charge in [-0.3, -0.25) is 0 Å². The summed E-state index contributed by atoms with van der Waals surface area (Å²) in [5.74, 6) is -2.77. The Hall–Kier alpha value is -2.88. The van der Waals surface area contributed by atoms with E-state index in [0.29, 0.717) is 11.1 Å². The van der Waals surface area contributed by atoms with Crippen molar-refractivity contribution in [3.63, 3.8) is 0 Å². The minimum atomic E-state index is -5.07. The molecule has 3 aromatic rings. The lowest BCUT2D eigenvalue weighted by atomic mass is 9.77. The fourth-order valence-electron chi connectivity index (χ4n) is 3.48. The van der Waals surface area contributed by atoms with E-state index in [1.807, 2.05) is 0 Å². The summed E-state index contributed by atoms with van der Waals surface area (Å²) in [5, 5.41) is 10.6. The Labute approximate surface area is 201 Å². The molecule has 34 heavy (non-hydrogen) atoms. The van der Waals surface area contributed by atoms with Gasteiger partial charge in [-0.25, -0.2) is 14.2 Å². The maximum absolute atomic E-state index is 14.3. The van der Waals surface area contributed by atoms with E-state index < -0.39 is 35.2 Å². The number of methoxy groups -OCH3 is 1. The maximum Gasteiger partial charge on any atom is 0.513 e. The van der Waals surface area contributed by atoms with Crippen LogP contribution < -0.4 is 4.74 Å². The van der Waals surface area contributed by atoms with Crippen molar-refractivity contribution in [2.24, 2.45) is 0 Å². The summed E-state index contributed by atoms with van der Waals surface area (Å²) in [6.45, 7) is 1.18. The lowest BCUT2D eigenvalue weighted by Gasteiger charge is -2.37. The molecule has 1 aromatic heterocycles. The van der Waals surface area contributed by atoms with Crippen molar-refractivity contribution >= 4 is 29.4 Å². The quantitative estimate of drug-likeness (QED) is 0.172. The van der Waals surface area contributed by atoms with E-state index in [2.05, 4.69) is 14.5 Å². The summed E-state index contributed by atoms with van der Waals surface area (Å²) in [7, 11) is 1.07. The number of hydrogen-bond acceptors (Lipinski definition) is 5. The number of carbonyl (C=O) groups is 1. The van der Waals surface area contributed by atoms with E-state index in [0.717, 1.165) is 31.5 Å². The van der Waals surface area contributed by atoms with Gasteiger partial charge in [-0.15, -0.1) is 0 Å². The van der Waals surface area contributed by atoms with Gasteiger partial charge in [-0.1, -0.05) is 48.3 Å². The lowest BCUT2D eigenvalue weighted by Crippen LogP contribution is -2.46. The van der Waals surface area contributed by atoms with Crippen LogP contribution in [0.4, 0.5) is 22.4 Å². The molecule has 0 spiro atoms. The Balaban J connectivity index is 1.99. The molecular formula is C23H17Cl2F4NO4. The van der Waals surface area contributed by atoms with Crippen LogP contribution in [0.3, 0.4) is 0 Å². The predicted octanol–water partition coefficient (Wildman–Crippen LogP) is 6.89. The number of benzene rings is 2. The molecule has 0 amide bonds. The van der Waals surface area contributed by atoms with Crippen LogP contribution in [-0.2, 0) is 10.3 Å².